The second-order valence-electron chi connectivity index (χ2n) is 5.40. The first-order valence-electron chi connectivity index (χ1n) is 6.46. The monoisotopic (exact) mass is 232 g/mol. The van der Waals surface area contributed by atoms with E-state index in [2.05, 4.69) is 40.5 Å². The lowest BCUT2D eigenvalue weighted by atomic mass is 9.95. The van der Waals surface area contributed by atoms with Crippen LogP contribution in [0.2, 0.25) is 0 Å². The van der Waals surface area contributed by atoms with Crippen molar-refractivity contribution in [2.75, 3.05) is 32.7 Å². The molecule has 0 saturated carbocycles. The topological polar surface area (TPSA) is 35.5 Å². The van der Waals surface area contributed by atoms with Gasteiger partial charge in [-0.3, -0.25) is 4.90 Å². The molecule has 0 radical (unpaired) electrons. The predicted molar refractivity (Wildman–Crippen MR) is 67.9 cm³/mol. The fraction of sp³-hybridized carbons (Fsp3) is 0.571. The van der Waals surface area contributed by atoms with Crippen molar-refractivity contribution in [2.45, 2.75) is 12.0 Å². The third-order valence-electron chi connectivity index (χ3n) is 4.12. The van der Waals surface area contributed by atoms with E-state index in [4.69, 9.17) is 0 Å². The predicted octanol–water partition coefficient (Wildman–Crippen LogP) is 0.495. The maximum atomic E-state index is 10.4. The highest BCUT2D eigenvalue weighted by atomic mass is 16.3. The van der Waals surface area contributed by atoms with Crippen molar-refractivity contribution in [3.8, 4) is 0 Å². The van der Waals surface area contributed by atoms with Crippen LogP contribution in [0.15, 0.2) is 30.3 Å². The molecule has 2 saturated heterocycles. The van der Waals surface area contributed by atoms with Gasteiger partial charge in [0.05, 0.1) is 5.60 Å². The smallest absolute Gasteiger partial charge is 0.0949 e. The summed E-state index contributed by atoms with van der Waals surface area (Å²) in [5.74, 6) is 0.429. The number of hydrogen-bond donors (Lipinski definition) is 2. The average Bonchev–Trinajstić information content (AvgIpc) is 2.82. The number of fused-ring (bicyclic) bond motifs is 1. The minimum Gasteiger partial charge on any atom is -0.387 e. The Morgan fingerprint density at radius 3 is 2.94 bits per heavy atom. The van der Waals surface area contributed by atoms with Gasteiger partial charge in [-0.1, -0.05) is 30.3 Å². The third kappa shape index (κ3) is 2.23. The molecule has 2 aliphatic heterocycles. The largest absolute Gasteiger partial charge is 0.387 e. The maximum Gasteiger partial charge on any atom is 0.0949 e. The maximum absolute atomic E-state index is 10.4. The zero-order chi connectivity index (χ0) is 11.7. The van der Waals surface area contributed by atoms with E-state index >= 15 is 0 Å². The molecular weight excluding hydrogens is 212 g/mol. The van der Waals surface area contributed by atoms with E-state index in [0.717, 1.165) is 39.1 Å². The number of nitrogens with zero attached hydrogens (tertiary/aromatic N) is 1. The van der Waals surface area contributed by atoms with Crippen molar-refractivity contribution in [3.05, 3.63) is 35.9 Å². The Balaban J connectivity index is 1.55. The molecule has 92 valence electrons. The van der Waals surface area contributed by atoms with Crippen LogP contribution in [0.25, 0.3) is 0 Å². The summed E-state index contributed by atoms with van der Waals surface area (Å²) >= 11 is 0. The third-order valence-corrected chi connectivity index (χ3v) is 4.12. The molecule has 2 heterocycles. The summed E-state index contributed by atoms with van der Waals surface area (Å²) in [5, 5.41) is 13.7. The number of hydrogen-bond acceptors (Lipinski definition) is 3. The van der Waals surface area contributed by atoms with Gasteiger partial charge in [-0.05, 0) is 12.0 Å². The molecule has 0 spiro atoms. The fourth-order valence-electron chi connectivity index (χ4n) is 3.08. The molecule has 17 heavy (non-hydrogen) atoms. The van der Waals surface area contributed by atoms with Crippen molar-refractivity contribution >= 4 is 0 Å². The van der Waals surface area contributed by atoms with Gasteiger partial charge in [0.1, 0.15) is 0 Å². The number of nitrogens with one attached hydrogen (secondary N) is 1. The first kappa shape index (κ1) is 11.2. The summed E-state index contributed by atoms with van der Waals surface area (Å²) < 4.78 is 0. The number of aliphatic hydroxyl groups is 1. The van der Waals surface area contributed by atoms with E-state index in [0.29, 0.717) is 5.92 Å². The molecule has 0 aromatic heterocycles. The fourth-order valence-corrected chi connectivity index (χ4v) is 3.08. The van der Waals surface area contributed by atoms with Crippen molar-refractivity contribution < 1.29 is 5.11 Å². The van der Waals surface area contributed by atoms with E-state index in [1.54, 1.807) is 0 Å². The molecule has 0 unspecified atom stereocenters. The van der Waals surface area contributed by atoms with Gasteiger partial charge in [-0.2, -0.15) is 0 Å². The van der Waals surface area contributed by atoms with Gasteiger partial charge in [0, 0.05) is 38.6 Å². The average molecular weight is 232 g/mol. The van der Waals surface area contributed by atoms with Gasteiger partial charge >= 0.3 is 0 Å². The molecule has 0 amide bonds. The molecule has 2 aliphatic rings. The van der Waals surface area contributed by atoms with Crippen LogP contribution in [-0.4, -0.2) is 48.3 Å². The van der Waals surface area contributed by atoms with Crippen LogP contribution in [0.5, 0.6) is 0 Å². The van der Waals surface area contributed by atoms with Crippen LogP contribution in [0.3, 0.4) is 0 Å². The van der Waals surface area contributed by atoms with E-state index in [1.165, 1.54) is 5.56 Å². The van der Waals surface area contributed by atoms with Gasteiger partial charge in [-0.15, -0.1) is 0 Å². The van der Waals surface area contributed by atoms with Gasteiger partial charge in [-0.25, -0.2) is 0 Å². The molecular formula is C14H20N2O. The molecule has 1 aromatic rings. The van der Waals surface area contributed by atoms with Crippen LogP contribution >= 0.6 is 0 Å². The lowest BCUT2D eigenvalue weighted by Gasteiger charge is -2.21. The Morgan fingerprint density at radius 1 is 1.35 bits per heavy atom. The number of benzene rings is 1. The summed E-state index contributed by atoms with van der Waals surface area (Å²) in [4.78, 5) is 2.40. The van der Waals surface area contributed by atoms with Crippen LogP contribution in [0.1, 0.15) is 5.56 Å². The zero-order valence-corrected chi connectivity index (χ0v) is 10.1. The van der Waals surface area contributed by atoms with Gasteiger partial charge in [0.25, 0.3) is 0 Å². The second-order valence-corrected chi connectivity index (χ2v) is 5.40. The molecule has 0 bridgehead atoms. The Bertz CT molecular complexity index is 381. The zero-order valence-electron chi connectivity index (χ0n) is 10.1. The Kier molecular flexibility index (Phi) is 2.90. The summed E-state index contributed by atoms with van der Waals surface area (Å²) in [5.41, 5.74) is 0.922. The normalized spacial score (nSPS) is 32.9. The molecule has 0 aliphatic carbocycles. The minimum atomic E-state index is -0.462. The summed E-state index contributed by atoms with van der Waals surface area (Å²) in [7, 11) is 0. The highest BCUT2D eigenvalue weighted by Crippen LogP contribution is 2.30. The van der Waals surface area contributed by atoms with Crippen molar-refractivity contribution in [2.24, 2.45) is 5.92 Å². The van der Waals surface area contributed by atoms with Gasteiger partial charge in [0.2, 0.25) is 0 Å². The molecule has 2 atom stereocenters. The summed E-state index contributed by atoms with van der Waals surface area (Å²) in [6.45, 7) is 4.66. The molecule has 3 rings (SSSR count). The molecule has 2 fully saturated rings. The first-order chi connectivity index (χ1) is 8.26. The van der Waals surface area contributed by atoms with E-state index in [1.807, 2.05) is 0 Å². The van der Waals surface area contributed by atoms with Crippen LogP contribution in [-0.2, 0) is 6.42 Å². The van der Waals surface area contributed by atoms with Crippen LogP contribution in [0.4, 0.5) is 0 Å². The first-order valence-corrected chi connectivity index (χ1v) is 6.46. The summed E-state index contributed by atoms with van der Waals surface area (Å²) in [6, 6.07) is 10.6. The molecule has 2 N–H and O–H groups in total. The Hall–Kier alpha value is -0.900. The highest BCUT2D eigenvalue weighted by molar-refractivity contribution is 5.15. The van der Waals surface area contributed by atoms with Crippen molar-refractivity contribution in [1.82, 2.24) is 10.2 Å². The Morgan fingerprint density at radius 2 is 2.18 bits per heavy atom. The highest BCUT2D eigenvalue weighted by Gasteiger charge is 2.47. The van der Waals surface area contributed by atoms with Crippen LogP contribution < -0.4 is 5.32 Å². The van der Waals surface area contributed by atoms with Crippen LogP contribution in [0, 0.1) is 5.92 Å². The lowest BCUT2D eigenvalue weighted by molar-refractivity contribution is 0.0447. The van der Waals surface area contributed by atoms with Gasteiger partial charge in [0.15, 0.2) is 0 Å². The number of β-amino-alcohol motifs (C(OH)–C–C–N with tert-alkyl or cyclic N) is 1. The van der Waals surface area contributed by atoms with Gasteiger partial charge < -0.3 is 10.4 Å². The van der Waals surface area contributed by atoms with E-state index in [9.17, 15) is 5.11 Å². The van der Waals surface area contributed by atoms with E-state index in [-0.39, 0.29) is 0 Å². The Labute approximate surface area is 102 Å². The molecule has 1 aromatic carbocycles. The lowest BCUT2D eigenvalue weighted by Crippen LogP contribution is -2.39. The quantitative estimate of drug-likeness (QED) is 0.796. The second kappa shape index (κ2) is 4.41. The molecule has 3 nitrogen and oxygen atoms in total. The summed E-state index contributed by atoms with van der Waals surface area (Å²) in [6.07, 6.45) is 1.08. The number of likely N-dealkylation sites (tertiary alicyclic amines) is 1. The van der Waals surface area contributed by atoms with Crippen molar-refractivity contribution in [3.63, 3.8) is 0 Å². The SMILES string of the molecule is O[C@]12CNC[C@H]1CN(CCc1ccccc1)C2. The standard InChI is InChI=1S/C14H20N2O/c17-14-10-15-8-13(14)9-16(11-14)7-6-12-4-2-1-3-5-12/h1-5,13,15,17H,6-11H2/t13-,14-/m0/s1. The van der Waals surface area contributed by atoms with Crippen molar-refractivity contribution in [1.29, 1.82) is 0 Å². The molecule has 3 heteroatoms. The minimum absolute atomic E-state index is 0.429. The number of rotatable bonds is 3. The van der Waals surface area contributed by atoms with E-state index < -0.39 is 5.60 Å².